The summed E-state index contributed by atoms with van der Waals surface area (Å²) in [6, 6.07) is 16.9. The number of benzene rings is 2. The van der Waals surface area contributed by atoms with Crippen molar-refractivity contribution in [3.05, 3.63) is 65.5 Å². The van der Waals surface area contributed by atoms with Gasteiger partial charge in [0.1, 0.15) is 0 Å². The second-order valence-electron chi connectivity index (χ2n) is 3.32. The Hall–Kier alpha value is -2.58. The van der Waals surface area contributed by atoms with Crippen molar-refractivity contribution in [1.29, 1.82) is 5.26 Å². The number of hydrogen-bond donors (Lipinski definition) is 0. The highest BCUT2D eigenvalue weighted by Gasteiger charge is 2.05. The third kappa shape index (κ3) is 1.78. The molecule has 0 spiro atoms. The molecule has 0 bridgehead atoms. The molecule has 0 aliphatic heterocycles. The Morgan fingerprint density at radius 1 is 1.06 bits per heavy atom. The van der Waals surface area contributed by atoms with Gasteiger partial charge in [0, 0.05) is 0 Å². The fourth-order valence-corrected chi connectivity index (χ4v) is 1.56. The zero-order valence-electron chi connectivity index (χ0n) is 8.51. The first-order chi connectivity index (χ1) is 7.85. The average molecular weight is 204 g/mol. The van der Waals surface area contributed by atoms with Crippen LogP contribution in [0.3, 0.4) is 0 Å². The second-order valence-corrected chi connectivity index (χ2v) is 3.32. The summed E-state index contributed by atoms with van der Waals surface area (Å²) in [6.07, 6.45) is 0. The van der Waals surface area contributed by atoms with Crippen molar-refractivity contribution in [2.24, 2.45) is 0 Å². The minimum absolute atomic E-state index is 0.554. The van der Waals surface area contributed by atoms with Crippen molar-refractivity contribution >= 4 is 5.69 Å². The lowest BCUT2D eigenvalue weighted by Gasteiger charge is -2.04. The number of nitriles is 1. The fraction of sp³-hybridized carbons (Fsp3) is 0. The van der Waals surface area contributed by atoms with Gasteiger partial charge in [-0.1, -0.05) is 42.5 Å². The molecule has 0 radical (unpaired) electrons. The van der Waals surface area contributed by atoms with E-state index in [9.17, 15) is 0 Å². The van der Waals surface area contributed by atoms with E-state index in [-0.39, 0.29) is 0 Å². The Bertz CT molecular complexity index is 586. The Morgan fingerprint density at radius 2 is 1.81 bits per heavy atom. The van der Waals surface area contributed by atoms with Gasteiger partial charge in [-0.25, -0.2) is 4.85 Å². The van der Waals surface area contributed by atoms with Crippen LogP contribution in [0.1, 0.15) is 5.56 Å². The van der Waals surface area contributed by atoms with E-state index in [1.165, 1.54) is 0 Å². The molecule has 2 aromatic rings. The molecule has 0 saturated carbocycles. The van der Waals surface area contributed by atoms with Gasteiger partial charge in [-0.2, -0.15) is 5.26 Å². The van der Waals surface area contributed by atoms with Gasteiger partial charge in [0.05, 0.1) is 18.2 Å². The highest BCUT2D eigenvalue weighted by molar-refractivity contribution is 5.74. The molecule has 2 aromatic carbocycles. The summed E-state index contributed by atoms with van der Waals surface area (Å²) >= 11 is 0. The van der Waals surface area contributed by atoms with Crippen LogP contribution < -0.4 is 0 Å². The maximum Gasteiger partial charge on any atom is 0.187 e. The van der Waals surface area contributed by atoms with Crippen molar-refractivity contribution in [1.82, 2.24) is 0 Å². The van der Waals surface area contributed by atoms with E-state index in [0.29, 0.717) is 11.3 Å². The van der Waals surface area contributed by atoms with Gasteiger partial charge in [0.25, 0.3) is 0 Å². The standard InChI is InChI=1S/C14H8N2/c1-16-13-8-7-12(10-15)14(9-13)11-5-3-2-4-6-11/h2-9H. The third-order valence-corrected chi connectivity index (χ3v) is 2.34. The van der Waals surface area contributed by atoms with Crippen LogP contribution in [0.25, 0.3) is 16.0 Å². The van der Waals surface area contributed by atoms with E-state index >= 15 is 0 Å². The second kappa shape index (κ2) is 4.29. The number of rotatable bonds is 1. The topological polar surface area (TPSA) is 28.1 Å². The lowest BCUT2D eigenvalue weighted by molar-refractivity contribution is 1.48. The predicted octanol–water partition coefficient (Wildman–Crippen LogP) is 3.78. The van der Waals surface area contributed by atoms with Gasteiger partial charge < -0.3 is 0 Å². The van der Waals surface area contributed by atoms with Gasteiger partial charge in [0.15, 0.2) is 5.69 Å². The predicted molar refractivity (Wildman–Crippen MR) is 62.9 cm³/mol. The van der Waals surface area contributed by atoms with Crippen molar-refractivity contribution < 1.29 is 0 Å². The van der Waals surface area contributed by atoms with E-state index in [1.807, 2.05) is 30.3 Å². The molecule has 0 atom stereocenters. The number of hydrogen-bond acceptors (Lipinski definition) is 1. The van der Waals surface area contributed by atoms with Gasteiger partial charge in [-0.05, 0) is 17.2 Å². The van der Waals surface area contributed by atoms with Crippen LogP contribution in [0.15, 0.2) is 48.5 Å². The van der Waals surface area contributed by atoms with Crippen LogP contribution in [0.5, 0.6) is 0 Å². The summed E-state index contributed by atoms with van der Waals surface area (Å²) in [5.74, 6) is 0. The van der Waals surface area contributed by atoms with Gasteiger partial charge in [-0.3, -0.25) is 0 Å². The summed E-state index contributed by atoms with van der Waals surface area (Å²) in [5.41, 5.74) is 2.93. The van der Waals surface area contributed by atoms with E-state index in [1.54, 1.807) is 18.2 Å². The van der Waals surface area contributed by atoms with Crippen LogP contribution >= 0.6 is 0 Å². The smallest absolute Gasteiger partial charge is 0.187 e. The highest BCUT2D eigenvalue weighted by atomic mass is 14.6. The monoisotopic (exact) mass is 204 g/mol. The summed E-state index contributed by atoms with van der Waals surface area (Å²) in [7, 11) is 0. The molecule has 0 unspecified atom stereocenters. The Labute approximate surface area is 94.2 Å². The van der Waals surface area contributed by atoms with Crippen LogP contribution in [0.2, 0.25) is 0 Å². The van der Waals surface area contributed by atoms with Crippen LogP contribution in [0, 0.1) is 17.9 Å². The van der Waals surface area contributed by atoms with Crippen LogP contribution in [-0.4, -0.2) is 0 Å². The molecular weight excluding hydrogens is 196 g/mol. The molecule has 0 amide bonds. The molecule has 0 aromatic heterocycles. The summed E-state index contributed by atoms with van der Waals surface area (Å²) < 4.78 is 0. The molecule has 0 N–H and O–H groups in total. The lowest BCUT2D eigenvalue weighted by Crippen LogP contribution is -1.83. The van der Waals surface area contributed by atoms with E-state index in [4.69, 9.17) is 11.8 Å². The minimum atomic E-state index is 0.554. The van der Waals surface area contributed by atoms with Crippen molar-refractivity contribution in [2.45, 2.75) is 0 Å². The van der Waals surface area contributed by atoms with Crippen molar-refractivity contribution in [2.75, 3.05) is 0 Å². The van der Waals surface area contributed by atoms with E-state index < -0.39 is 0 Å². The van der Waals surface area contributed by atoms with Crippen LogP contribution in [0.4, 0.5) is 5.69 Å². The van der Waals surface area contributed by atoms with Gasteiger partial charge >= 0.3 is 0 Å². The van der Waals surface area contributed by atoms with Crippen molar-refractivity contribution in [3.63, 3.8) is 0 Å². The fourth-order valence-electron chi connectivity index (χ4n) is 1.56. The first-order valence-corrected chi connectivity index (χ1v) is 4.82. The molecule has 0 aliphatic rings. The molecule has 0 heterocycles. The quantitative estimate of drug-likeness (QED) is 0.650. The number of nitrogens with zero attached hydrogens (tertiary/aromatic N) is 2. The zero-order chi connectivity index (χ0) is 11.4. The molecule has 0 fully saturated rings. The Morgan fingerprint density at radius 3 is 2.44 bits per heavy atom. The van der Waals surface area contributed by atoms with E-state index in [2.05, 4.69) is 10.9 Å². The molecule has 2 nitrogen and oxygen atoms in total. The normalized spacial score (nSPS) is 9.12. The van der Waals surface area contributed by atoms with Gasteiger partial charge in [0.2, 0.25) is 0 Å². The van der Waals surface area contributed by atoms with Crippen LogP contribution in [-0.2, 0) is 0 Å². The first kappa shape index (κ1) is 9.96. The maximum atomic E-state index is 9.02. The Kier molecular flexibility index (Phi) is 2.67. The first-order valence-electron chi connectivity index (χ1n) is 4.82. The zero-order valence-corrected chi connectivity index (χ0v) is 8.51. The van der Waals surface area contributed by atoms with Crippen molar-refractivity contribution in [3.8, 4) is 17.2 Å². The average Bonchev–Trinajstić information content (AvgIpc) is 2.39. The minimum Gasteiger partial charge on any atom is -0.238 e. The molecule has 74 valence electrons. The maximum absolute atomic E-state index is 9.02. The molecule has 2 rings (SSSR count). The molecule has 0 saturated heterocycles. The lowest BCUT2D eigenvalue weighted by atomic mass is 10.00. The largest absolute Gasteiger partial charge is 0.238 e. The van der Waals surface area contributed by atoms with E-state index in [0.717, 1.165) is 11.1 Å². The molecule has 2 heteroatoms. The van der Waals surface area contributed by atoms with Gasteiger partial charge in [-0.15, -0.1) is 0 Å². The molecule has 16 heavy (non-hydrogen) atoms. The summed E-state index contributed by atoms with van der Waals surface area (Å²) in [5, 5.41) is 9.02. The highest BCUT2D eigenvalue weighted by Crippen LogP contribution is 2.27. The Balaban J connectivity index is 2.65. The molecule has 0 aliphatic carbocycles. The summed E-state index contributed by atoms with van der Waals surface area (Å²) in [4.78, 5) is 3.37. The molecular formula is C14H8N2. The third-order valence-electron chi connectivity index (χ3n) is 2.34. The SMILES string of the molecule is [C-]#[N+]c1ccc(C#N)c(-c2ccccc2)c1. The summed E-state index contributed by atoms with van der Waals surface area (Å²) in [6.45, 7) is 6.97.